The molecule has 0 aliphatic carbocycles. The SMILES string of the molecule is CCO[C@@H]1OC(=O)C[C@@H]1NC(=O)[C@@H]1Cc2cccc3c2N1C(=O)[C@@H](NC(=O)[C@@H](NC(=O)COCCNC(=O)[C@@H](CCC(=O)O)NC(=O)[C@@H](CCC(=O)O)NC(=O)CN1CCC(CN2CCN4CC(=O)[O][Al]5[C]6(C2)CN(CC(=O)O6)[C]5(F)C4)CC1)[C@@H](C)CC)CC3. The molecule has 6 fully saturated rings. The summed E-state index contributed by atoms with van der Waals surface area (Å²) in [7, 11) is 0. The van der Waals surface area contributed by atoms with Gasteiger partial charge in [-0.15, -0.1) is 0 Å². The number of carboxylic acids is 2. The lowest BCUT2D eigenvalue weighted by molar-refractivity contribution is -0.168. The van der Waals surface area contributed by atoms with E-state index in [9.17, 15) is 67.7 Å². The molecule has 1 spiro atoms. The number of nitrogens with one attached hydrogen (secondary N) is 6. The van der Waals surface area contributed by atoms with Crippen molar-refractivity contribution in [1.82, 2.24) is 51.5 Å². The molecule has 492 valence electrons. The average Bonchev–Trinajstić information content (AvgIpc) is 1.56. The molecule has 8 aliphatic heterocycles. The Hall–Kier alpha value is -6.92. The molecule has 12 atom stereocenters. The van der Waals surface area contributed by atoms with Crippen molar-refractivity contribution in [3.05, 3.63) is 29.3 Å². The van der Waals surface area contributed by atoms with Gasteiger partial charge < -0.3 is 64.8 Å². The van der Waals surface area contributed by atoms with Gasteiger partial charge in [0.15, 0.2) is 4.65 Å². The summed E-state index contributed by atoms with van der Waals surface area (Å²) in [6.07, 6.45) is -0.441. The van der Waals surface area contributed by atoms with Gasteiger partial charge in [0, 0.05) is 71.7 Å². The van der Waals surface area contributed by atoms with Gasteiger partial charge in [0.05, 0.1) is 38.3 Å². The Morgan fingerprint density at radius 1 is 0.789 bits per heavy atom. The van der Waals surface area contributed by atoms with Gasteiger partial charge in [0.2, 0.25) is 47.6 Å². The molecule has 1 aromatic rings. The van der Waals surface area contributed by atoms with E-state index in [1.54, 1.807) is 18.7 Å². The lowest BCUT2D eigenvalue weighted by Crippen LogP contribution is -2.62. The van der Waals surface area contributed by atoms with Crippen LogP contribution in [0.3, 0.4) is 0 Å². The number of carbonyl (C=O) groups excluding carboxylic acids is 10. The first-order valence-corrected chi connectivity index (χ1v) is 32.6. The molecule has 0 aromatic heterocycles. The number of aryl methyl sites for hydroxylation is 1. The average molecular weight is 1280 g/mol. The minimum Gasteiger partial charge on any atom is -0.611 e. The monoisotopic (exact) mass is 1280 g/mol. The number of cyclic esters (lactones) is 1. The zero-order valence-electron chi connectivity index (χ0n) is 50.8. The summed E-state index contributed by atoms with van der Waals surface area (Å²) in [4.78, 5) is 166. The summed E-state index contributed by atoms with van der Waals surface area (Å²) < 4.78 is 41.7. The number of hydrogen-bond acceptors (Lipinski definition) is 21. The van der Waals surface area contributed by atoms with E-state index in [4.69, 9.17) is 22.7 Å². The highest BCUT2D eigenvalue weighted by atomic mass is 27.2. The van der Waals surface area contributed by atoms with Crippen LogP contribution in [0.5, 0.6) is 0 Å². The number of nitrogens with zero attached hydrogens (tertiary/aromatic N) is 5. The molecule has 4 unspecified atom stereocenters. The number of halogens is 1. The Morgan fingerprint density at radius 2 is 1.51 bits per heavy atom. The fourth-order valence-corrected chi connectivity index (χ4v) is 17.1. The molecule has 0 radical (unpaired) electrons. The number of benzene rings is 1. The zero-order chi connectivity index (χ0) is 64.6. The minimum absolute atomic E-state index is 0.0429. The minimum atomic E-state index is -3.14. The van der Waals surface area contributed by atoms with Gasteiger partial charge in [-0.3, -0.25) is 82.0 Å². The second kappa shape index (κ2) is 29.6. The number of fused-ring (bicyclic) bond motifs is 2. The molecule has 8 N–H and O–H groups in total. The largest absolute Gasteiger partial charge is 0.661 e. The smallest absolute Gasteiger partial charge is 0.611 e. The molecule has 6 saturated heterocycles. The van der Waals surface area contributed by atoms with E-state index in [2.05, 4.69) is 36.8 Å². The molecule has 1 aromatic carbocycles. The predicted molar refractivity (Wildman–Crippen MR) is 311 cm³/mol. The molecule has 8 aliphatic rings. The van der Waals surface area contributed by atoms with E-state index in [1.807, 2.05) is 30.0 Å². The summed E-state index contributed by atoms with van der Waals surface area (Å²) in [6.45, 7) is 6.80. The third-order valence-electron chi connectivity index (χ3n) is 18.2. The Labute approximate surface area is 523 Å². The van der Waals surface area contributed by atoms with Crippen molar-refractivity contribution in [1.29, 1.82) is 0 Å². The van der Waals surface area contributed by atoms with Crippen LogP contribution in [0.25, 0.3) is 0 Å². The summed E-state index contributed by atoms with van der Waals surface area (Å²) in [5, 5.41) is 35.0. The van der Waals surface area contributed by atoms with Crippen LogP contribution in [0.15, 0.2) is 18.2 Å². The highest BCUT2D eigenvalue weighted by molar-refractivity contribution is 6.62. The molecule has 8 heterocycles. The number of hydrogen-bond donors (Lipinski definition) is 8. The van der Waals surface area contributed by atoms with Crippen LogP contribution >= 0.6 is 0 Å². The quantitative estimate of drug-likeness (QED) is 0.0177. The van der Waals surface area contributed by atoms with Crippen LogP contribution in [0.2, 0.25) is 0 Å². The third-order valence-corrected chi connectivity index (χ3v) is 21.5. The van der Waals surface area contributed by atoms with Crippen LogP contribution in [0.1, 0.15) is 89.7 Å². The van der Waals surface area contributed by atoms with Crippen molar-refractivity contribution in [2.24, 2.45) is 11.8 Å². The van der Waals surface area contributed by atoms with Gasteiger partial charge in [0.25, 0.3) is 5.97 Å². The van der Waals surface area contributed by atoms with Crippen molar-refractivity contribution in [3.63, 3.8) is 0 Å². The number of anilines is 1. The Balaban J connectivity index is 0.728. The number of para-hydroxylation sites is 1. The molecule has 9 rings (SSSR count). The number of amides is 7. The van der Waals surface area contributed by atoms with Crippen LogP contribution in [-0.4, -0.2) is 266 Å². The van der Waals surface area contributed by atoms with Crippen LogP contribution < -0.4 is 36.8 Å². The van der Waals surface area contributed by atoms with Crippen molar-refractivity contribution < 1.29 is 94.9 Å². The molecule has 7 amide bonds. The first-order valence-electron chi connectivity index (χ1n) is 31.0. The third kappa shape index (κ3) is 16.0. The van der Waals surface area contributed by atoms with E-state index in [0.717, 1.165) is 11.1 Å². The fraction of sp³-hybridized carbons (Fsp3) is 0.690. The maximum absolute atomic E-state index is 16.8. The first kappa shape index (κ1) is 67.5. The van der Waals surface area contributed by atoms with Gasteiger partial charge in [-0.1, -0.05) is 38.5 Å². The van der Waals surface area contributed by atoms with Gasteiger partial charge in [-0.25, -0.2) is 4.39 Å². The predicted octanol–water partition coefficient (Wildman–Crippen LogP) is -3.23. The fourth-order valence-electron chi connectivity index (χ4n) is 13.5. The van der Waals surface area contributed by atoms with Crippen molar-refractivity contribution >= 4 is 91.4 Å². The number of aliphatic carboxylic acids is 2. The van der Waals surface area contributed by atoms with Gasteiger partial charge in [0.1, 0.15) is 47.3 Å². The van der Waals surface area contributed by atoms with Gasteiger partial charge in [-0.2, -0.15) is 0 Å². The first-order chi connectivity index (χ1) is 43.0. The van der Waals surface area contributed by atoms with E-state index in [1.165, 1.54) is 9.80 Å². The Kier molecular flexibility index (Phi) is 22.2. The maximum Gasteiger partial charge on any atom is 0.661 e. The molecular formula is C58H81AlFN11O19. The topological polar surface area (TPSA) is 380 Å². The highest BCUT2D eigenvalue weighted by Crippen LogP contribution is 2.45. The second-order valence-corrected chi connectivity index (χ2v) is 27.6. The number of ether oxygens (including phenoxy) is 4. The Morgan fingerprint density at radius 3 is 2.22 bits per heavy atom. The number of carbonyl (C=O) groups is 12. The number of rotatable bonds is 28. The molecule has 30 nitrogen and oxygen atoms in total. The Bertz CT molecular complexity index is 2940. The molecule has 5 bridgehead atoms. The number of morpholine rings is 1. The number of carboxylic acid groups (broad SMARTS) is 2. The van der Waals surface area contributed by atoms with E-state index in [0.29, 0.717) is 64.1 Å². The van der Waals surface area contributed by atoms with E-state index in [-0.39, 0.29) is 97.0 Å². The van der Waals surface area contributed by atoms with E-state index >= 15 is 4.39 Å². The van der Waals surface area contributed by atoms with Gasteiger partial charge in [-0.05, 0) is 81.5 Å². The summed E-state index contributed by atoms with van der Waals surface area (Å²) in [5.41, 5.74) is 2.16. The maximum atomic E-state index is 16.8. The summed E-state index contributed by atoms with van der Waals surface area (Å²) in [5.74, 6) is -9.22. The summed E-state index contributed by atoms with van der Waals surface area (Å²) in [6, 6.07) is -1.39. The van der Waals surface area contributed by atoms with E-state index < -0.39 is 163 Å². The summed E-state index contributed by atoms with van der Waals surface area (Å²) >= 11 is -3.14. The number of esters is 2. The van der Waals surface area contributed by atoms with Crippen LogP contribution in [0, 0.1) is 11.8 Å². The van der Waals surface area contributed by atoms with Crippen molar-refractivity contribution in [2.45, 2.75) is 143 Å². The lowest BCUT2D eigenvalue weighted by Gasteiger charge is -2.42. The molecule has 90 heavy (non-hydrogen) atoms. The second-order valence-electron chi connectivity index (χ2n) is 24.7. The molecule has 0 saturated carbocycles. The van der Waals surface area contributed by atoms with Crippen LogP contribution in [-0.2, 0) is 93.1 Å². The number of likely N-dealkylation sites (tertiary alicyclic amines) is 1. The van der Waals surface area contributed by atoms with Gasteiger partial charge >= 0.3 is 38.4 Å². The van der Waals surface area contributed by atoms with Crippen LogP contribution in [0.4, 0.5) is 10.1 Å². The lowest BCUT2D eigenvalue weighted by atomic mass is 9.95. The van der Waals surface area contributed by atoms with Crippen molar-refractivity contribution in [2.75, 3.05) is 103 Å². The number of piperidine rings is 1. The standard InChI is InChI=1S/C58H82FN11O19.Al/c1-4-33(3)51(56(84)63-40-10-9-35-7-6-8-36-23-42(70(52(35)36)57(40)85)55(83)64-41-24-49(79)89-58(41)87-5-2)65-45(72)32-86-22-17-60-53(81)38(11-13-46(73)74)62-54(82)39(12-14-47(75)76)61-44(71)29-66-18-15-34(16-19-66)25-67-20-21-68(30-48(77)78)28-43(59)69-27-37(26-67)88-50(80)31-69;/h6-8,33-34,38-42,51,58H,4-5,9-32H2,1-3H3,(H,60,81)(H,61,71)(H,62,82)(H,63,84)(H,64,83)(H,65,72)(H,73,74)(H,75,76)(H,77,78);/q;+1/p-1/t33-,38+,39+,40-,41-,42-,51-,58+;/m0./s1. The highest BCUT2D eigenvalue weighted by Gasteiger charge is 2.78. The molecular weight excluding hydrogens is 1200 g/mol. The number of alkyl halides is 1. The molecule has 32 heteroatoms. The van der Waals surface area contributed by atoms with Crippen molar-refractivity contribution in [3.8, 4) is 0 Å². The zero-order valence-corrected chi connectivity index (χ0v) is 52.0. The normalized spacial score (nSPS) is 27.8.